The van der Waals surface area contributed by atoms with Gasteiger partial charge in [0.15, 0.2) is 5.75 Å². The molecule has 0 fully saturated rings. The number of aromatic nitrogens is 3. The number of pyridine rings is 2. The van der Waals surface area contributed by atoms with Gasteiger partial charge in [-0.2, -0.15) is 0 Å². The smallest absolute Gasteiger partial charge is 0.256 e. The average Bonchev–Trinajstić information content (AvgIpc) is 3.09. The second-order valence-corrected chi connectivity index (χ2v) is 7.66. The van der Waals surface area contributed by atoms with Gasteiger partial charge in [-0.3, -0.25) is 0 Å². The lowest BCUT2D eigenvalue weighted by atomic mass is 10.2. The van der Waals surface area contributed by atoms with Crippen molar-refractivity contribution in [2.24, 2.45) is 7.05 Å². The average molecular weight is 412 g/mol. The Labute approximate surface area is 172 Å². The van der Waals surface area contributed by atoms with E-state index in [9.17, 15) is 0 Å². The molecule has 142 valence electrons. The number of benzene rings is 1. The molecule has 0 radical (unpaired) electrons. The Bertz CT molecular complexity index is 1100. The summed E-state index contributed by atoms with van der Waals surface area (Å²) in [6.07, 6.45) is 3.75. The number of fused-ring (bicyclic) bond motifs is 1. The monoisotopic (exact) mass is 411 g/mol. The molecule has 5 nitrogen and oxygen atoms in total. The fraction of sp³-hybridized carbons (Fsp3) is 0.143. The van der Waals surface area contributed by atoms with Crippen molar-refractivity contribution in [3.63, 3.8) is 0 Å². The van der Waals surface area contributed by atoms with E-state index >= 15 is 0 Å². The third kappa shape index (κ3) is 3.41. The van der Waals surface area contributed by atoms with Gasteiger partial charge in [0, 0.05) is 45.4 Å². The van der Waals surface area contributed by atoms with Crippen molar-refractivity contribution in [3.8, 4) is 34.3 Å². The molecule has 0 saturated carbocycles. The number of methoxy groups -OCH3 is 2. The number of ether oxygens (including phenoxy) is 2. The van der Waals surface area contributed by atoms with Crippen molar-refractivity contribution in [1.82, 2.24) is 14.5 Å². The minimum absolute atomic E-state index is 0.444. The van der Waals surface area contributed by atoms with Crippen LogP contribution in [-0.2, 0) is 7.05 Å². The zero-order valence-corrected chi connectivity index (χ0v) is 17.2. The predicted octanol–water partition coefficient (Wildman–Crippen LogP) is 5.41. The highest BCUT2D eigenvalue weighted by Crippen LogP contribution is 2.45. The highest BCUT2D eigenvalue weighted by atomic mass is 35.5. The van der Waals surface area contributed by atoms with Gasteiger partial charge in [0.25, 0.3) is 5.88 Å². The number of nitrogens with zero attached hydrogens (tertiary/aromatic N) is 3. The number of hydrogen-bond donors (Lipinski definition) is 0. The van der Waals surface area contributed by atoms with Crippen LogP contribution in [-0.4, -0.2) is 28.8 Å². The number of halogens is 1. The maximum absolute atomic E-state index is 6.04. The van der Waals surface area contributed by atoms with E-state index in [0.29, 0.717) is 16.7 Å². The van der Waals surface area contributed by atoms with Crippen LogP contribution in [0.5, 0.6) is 11.6 Å². The van der Waals surface area contributed by atoms with Gasteiger partial charge >= 0.3 is 0 Å². The Morgan fingerprint density at radius 3 is 2.57 bits per heavy atom. The standard InChI is InChI=1S/C21H18ClN3O2S/c1-25-10-4-5-16-19(28-15-8-6-14(22)7-9-15)18(24-20(16)25)13-11-17(26-2)21(27-3)23-12-13/h4-12H,1-3H3. The van der Waals surface area contributed by atoms with Gasteiger partial charge in [-0.05, 0) is 42.5 Å². The molecule has 0 spiro atoms. The van der Waals surface area contributed by atoms with E-state index in [4.69, 9.17) is 26.1 Å². The van der Waals surface area contributed by atoms with Crippen LogP contribution in [0.2, 0.25) is 5.02 Å². The minimum atomic E-state index is 0.444. The molecule has 0 aliphatic carbocycles. The second-order valence-electron chi connectivity index (χ2n) is 6.14. The molecule has 0 unspecified atom stereocenters. The summed E-state index contributed by atoms with van der Waals surface area (Å²) >= 11 is 7.69. The van der Waals surface area contributed by atoms with Crippen LogP contribution in [0.4, 0.5) is 0 Å². The van der Waals surface area contributed by atoms with Gasteiger partial charge in [-0.25, -0.2) is 9.97 Å². The number of hydrogen-bond acceptors (Lipinski definition) is 5. The summed E-state index contributed by atoms with van der Waals surface area (Å²) in [4.78, 5) is 11.4. The zero-order chi connectivity index (χ0) is 19.7. The molecule has 3 heterocycles. The first-order valence-electron chi connectivity index (χ1n) is 8.57. The highest BCUT2D eigenvalue weighted by molar-refractivity contribution is 7.99. The molecule has 2 aliphatic heterocycles. The Morgan fingerprint density at radius 1 is 1.07 bits per heavy atom. The fourth-order valence-corrected chi connectivity index (χ4v) is 4.15. The molecule has 7 heteroatoms. The Balaban J connectivity index is 1.88. The van der Waals surface area contributed by atoms with Gasteiger partial charge in [-0.15, -0.1) is 0 Å². The van der Waals surface area contributed by atoms with Crippen molar-refractivity contribution in [2.75, 3.05) is 14.2 Å². The summed E-state index contributed by atoms with van der Waals surface area (Å²) in [5.74, 6) is 1.92. The van der Waals surface area contributed by atoms with Crippen LogP contribution in [0, 0.1) is 0 Å². The molecule has 0 saturated heterocycles. The van der Waals surface area contributed by atoms with E-state index in [1.165, 1.54) is 0 Å². The Kier molecular flexibility index (Phi) is 5.15. The third-order valence-electron chi connectivity index (χ3n) is 4.36. The van der Waals surface area contributed by atoms with Gasteiger partial charge in [-0.1, -0.05) is 23.4 Å². The first-order chi connectivity index (χ1) is 13.6. The van der Waals surface area contributed by atoms with Crippen LogP contribution in [0.3, 0.4) is 0 Å². The summed E-state index contributed by atoms with van der Waals surface area (Å²) in [5, 5.41) is 0.713. The van der Waals surface area contributed by atoms with Gasteiger partial charge in [0.05, 0.1) is 19.9 Å². The summed E-state index contributed by atoms with van der Waals surface area (Å²) in [7, 11) is 5.16. The SMILES string of the molecule is COc1cc(-c2nc3n(C)cccc-3c2Sc2ccc(Cl)cc2)cnc1OC. The topological polar surface area (TPSA) is 49.2 Å². The normalized spacial score (nSPS) is 11.0. The molecular formula is C21H18ClN3O2S. The molecule has 0 atom stereocenters. The van der Waals surface area contributed by atoms with Crippen LogP contribution in [0.1, 0.15) is 0 Å². The van der Waals surface area contributed by atoms with Crippen LogP contribution in [0.15, 0.2) is 64.6 Å². The van der Waals surface area contributed by atoms with Crippen molar-refractivity contribution in [2.45, 2.75) is 9.79 Å². The molecule has 1 aromatic heterocycles. The van der Waals surface area contributed by atoms with E-state index in [2.05, 4.69) is 11.1 Å². The molecule has 2 aromatic rings. The Hall–Kier alpha value is -2.70. The van der Waals surface area contributed by atoms with E-state index < -0.39 is 0 Å². The first-order valence-corrected chi connectivity index (χ1v) is 9.77. The quantitative estimate of drug-likeness (QED) is 0.439. The van der Waals surface area contributed by atoms with Gasteiger partial charge in [0.1, 0.15) is 5.82 Å². The molecule has 0 amide bonds. The highest BCUT2D eigenvalue weighted by Gasteiger charge is 2.23. The van der Waals surface area contributed by atoms with Gasteiger partial charge < -0.3 is 14.0 Å². The summed E-state index contributed by atoms with van der Waals surface area (Å²) < 4.78 is 12.7. The molecule has 1 aromatic carbocycles. The fourth-order valence-electron chi connectivity index (χ4n) is 2.98. The van der Waals surface area contributed by atoms with Gasteiger partial charge in [0.2, 0.25) is 0 Å². The third-order valence-corrected chi connectivity index (χ3v) is 5.74. The number of rotatable bonds is 5. The molecule has 2 aliphatic rings. The van der Waals surface area contributed by atoms with E-state index in [0.717, 1.165) is 32.4 Å². The van der Waals surface area contributed by atoms with E-state index in [1.807, 2.05) is 54.2 Å². The van der Waals surface area contributed by atoms with Crippen LogP contribution in [0.25, 0.3) is 22.6 Å². The lowest BCUT2D eigenvalue weighted by Gasteiger charge is -2.09. The largest absolute Gasteiger partial charge is 0.491 e. The van der Waals surface area contributed by atoms with E-state index in [-0.39, 0.29) is 0 Å². The lowest BCUT2D eigenvalue weighted by molar-refractivity contribution is 0.343. The molecular weight excluding hydrogens is 394 g/mol. The van der Waals surface area contributed by atoms with Crippen LogP contribution >= 0.6 is 23.4 Å². The maximum atomic E-state index is 6.04. The zero-order valence-electron chi connectivity index (χ0n) is 15.6. The molecule has 0 bridgehead atoms. The second kappa shape index (κ2) is 7.73. The van der Waals surface area contributed by atoms with Crippen LogP contribution < -0.4 is 9.47 Å². The van der Waals surface area contributed by atoms with Crippen molar-refractivity contribution in [1.29, 1.82) is 0 Å². The number of aryl methyl sites for hydroxylation is 1. The minimum Gasteiger partial charge on any atom is -0.491 e. The summed E-state index contributed by atoms with van der Waals surface area (Å²) in [6.45, 7) is 0. The summed E-state index contributed by atoms with van der Waals surface area (Å²) in [6, 6.07) is 13.8. The predicted molar refractivity (Wildman–Crippen MR) is 112 cm³/mol. The van der Waals surface area contributed by atoms with E-state index in [1.54, 1.807) is 32.2 Å². The lowest BCUT2D eigenvalue weighted by Crippen LogP contribution is -1.95. The molecule has 0 N–H and O–H groups in total. The van der Waals surface area contributed by atoms with Crippen molar-refractivity contribution < 1.29 is 9.47 Å². The summed E-state index contributed by atoms with van der Waals surface area (Å²) in [5.41, 5.74) is 2.80. The maximum Gasteiger partial charge on any atom is 0.256 e. The Morgan fingerprint density at radius 2 is 1.86 bits per heavy atom. The van der Waals surface area contributed by atoms with Crippen molar-refractivity contribution >= 4 is 23.4 Å². The van der Waals surface area contributed by atoms with Crippen molar-refractivity contribution in [3.05, 3.63) is 59.9 Å². The first kappa shape index (κ1) is 18.7. The molecule has 4 rings (SSSR count). The molecule has 28 heavy (non-hydrogen) atoms.